The highest BCUT2D eigenvalue weighted by Crippen LogP contribution is 2.46. The van der Waals surface area contributed by atoms with E-state index < -0.39 is 13.8 Å². The first-order chi connectivity index (χ1) is 5.41. The Hall–Kier alpha value is -0.420. The van der Waals surface area contributed by atoms with Gasteiger partial charge >= 0.3 is 7.82 Å². The van der Waals surface area contributed by atoms with Crippen LogP contribution in [0.1, 0.15) is 6.92 Å². The molecular weight excluding hydrogens is 187 g/mol. The standard InChI is InChI=1S/C3H9O4P.C2H4O2/c1-5-8(4,6-2)7-3;1-2(3)4/h1-3H3;1H3,(H,3,4). The zero-order valence-electron chi connectivity index (χ0n) is 7.44. The molecule has 0 unspecified atom stereocenters. The maximum atomic E-state index is 10.7. The van der Waals surface area contributed by atoms with Gasteiger partial charge in [0.05, 0.1) is 0 Å². The van der Waals surface area contributed by atoms with Crippen molar-refractivity contribution in [2.45, 2.75) is 6.92 Å². The molecule has 0 fully saturated rings. The van der Waals surface area contributed by atoms with E-state index in [9.17, 15) is 4.57 Å². The van der Waals surface area contributed by atoms with Gasteiger partial charge in [-0.15, -0.1) is 0 Å². The van der Waals surface area contributed by atoms with Crippen LogP contribution in [-0.2, 0) is 22.9 Å². The fraction of sp³-hybridized carbons (Fsp3) is 0.800. The van der Waals surface area contributed by atoms with Crippen LogP contribution in [0.3, 0.4) is 0 Å². The molecule has 1 N–H and O–H groups in total. The van der Waals surface area contributed by atoms with Crippen LogP contribution in [0.4, 0.5) is 0 Å². The van der Waals surface area contributed by atoms with E-state index in [4.69, 9.17) is 9.90 Å². The summed E-state index contributed by atoms with van der Waals surface area (Å²) in [5.41, 5.74) is 0. The Kier molecular flexibility index (Phi) is 8.52. The summed E-state index contributed by atoms with van der Waals surface area (Å²) < 4.78 is 23.7. The first-order valence-electron chi connectivity index (χ1n) is 2.88. The molecule has 0 aromatic rings. The maximum Gasteiger partial charge on any atom is 0.473 e. The van der Waals surface area contributed by atoms with Gasteiger partial charge in [-0.2, -0.15) is 0 Å². The van der Waals surface area contributed by atoms with Gasteiger partial charge in [0.2, 0.25) is 0 Å². The van der Waals surface area contributed by atoms with Crippen molar-refractivity contribution in [2.75, 3.05) is 21.3 Å². The molecule has 6 nitrogen and oxygen atoms in total. The third-order valence-electron chi connectivity index (χ3n) is 0.671. The SMILES string of the molecule is CC(=O)O.COP(=O)(OC)OC. The topological polar surface area (TPSA) is 82.1 Å². The Labute approximate surface area is 71.1 Å². The second-order valence-electron chi connectivity index (χ2n) is 1.51. The van der Waals surface area contributed by atoms with Gasteiger partial charge < -0.3 is 5.11 Å². The zero-order chi connectivity index (χ0) is 10.2. The summed E-state index contributed by atoms with van der Waals surface area (Å²) in [6.45, 7) is 1.08. The Morgan fingerprint density at radius 3 is 1.33 bits per heavy atom. The predicted molar refractivity (Wildman–Crippen MR) is 41.9 cm³/mol. The van der Waals surface area contributed by atoms with Crippen molar-refractivity contribution in [1.29, 1.82) is 0 Å². The fourth-order valence-electron chi connectivity index (χ4n) is 0.224. The summed E-state index contributed by atoms with van der Waals surface area (Å²) >= 11 is 0. The van der Waals surface area contributed by atoms with Crippen molar-refractivity contribution in [3.63, 3.8) is 0 Å². The van der Waals surface area contributed by atoms with Crippen LogP contribution in [0.5, 0.6) is 0 Å². The Morgan fingerprint density at radius 2 is 1.33 bits per heavy atom. The number of hydrogen-bond donors (Lipinski definition) is 1. The molecule has 7 heteroatoms. The van der Waals surface area contributed by atoms with Crippen LogP contribution in [-0.4, -0.2) is 32.4 Å². The van der Waals surface area contributed by atoms with Gasteiger partial charge in [-0.25, -0.2) is 4.57 Å². The zero-order valence-corrected chi connectivity index (χ0v) is 8.33. The lowest BCUT2D eigenvalue weighted by molar-refractivity contribution is -0.134. The number of aliphatic carboxylic acids is 1. The summed E-state index contributed by atoms with van der Waals surface area (Å²) in [4.78, 5) is 9.00. The highest BCUT2D eigenvalue weighted by atomic mass is 31.2. The van der Waals surface area contributed by atoms with E-state index in [1.165, 1.54) is 21.3 Å². The monoisotopic (exact) mass is 200 g/mol. The second kappa shape index (κ2) is 7.24. The van der Waals surface area contributed by atoms with Crippen molar-refractivity contribution in [3.05, 3.63) is 0 Å². The van der Waals surface area contributed by atoms with E-state index in [2.05, 4.69) is 13.6 Å². The number of phosphoric acid groups is 1. The smallest absolute Gasteiger partial charge is 0.473 e. The predicted octanol–water partition coefficient (Wildman–Crippen LogP) is 1.12. The molecular formula is C5H13O6P. The maximum absolute atomic E-state index is 10.7. The van der Waals surface area contributed by atoms with Gasteiger partial charge in [0.1, 0.15) is 0 Å². The molecule has 0 aliphatic heterocycles. The number of hydrogen-bond acceptors (Lipinski definition) is 5. The molecule has 0 aromatic carbocycles. The van der Waals surface area contributed by atoms with Crippen molar-refractivity contribution in [1.82, 2.24) is 0 Å². The molecule has 0 amide bonds. The molecule has 0 aliphatic rings. The Bertz CT molecular complexity index is 144. The summed E-state index contributed by atoms with van der Waals surface area (Å²) in [5, 5.41) is 7.42. The molecule has 12 heavy (non-hydrogen) atoms. The van der Waals surface area contributed by atoms with E-state index in [1.807, 2.05) is 0 Å². The molecule has 0 aliphatic carbocycles. The fourth-order valence-corrected chi connectivity index (χ4v) is 0.671. The summed E-state index contributed by atoms with van der Waals surface area (Å²) in [5.74, 6) is -0.833. The molecule has 0 radical (unpaired) electrons. The molecule has 0 atom stereocenters. The number of phosphoric ester groups is 1. The second-order valence-corrected chi connectivity index (χ2v) is 3.50. The number of rotatable bonds is 3. The molecule has 0 spiro atoms. The van der Waals surface area contributed by atoms with E-state index in [0.717, 1.165) is 6.92 Å². The van der Waals surface area contributed by atoms with Crippen LogP contribution < -0.4 is 0 Å². The molecule has 0 aromatic heterocycles. The highest BCUT2D eigenvalue weighted by Gasteiger charge is 2.18. The lowest BCUT2D eigenvalue weighted by atomic mass is 10.9. The van der Waals surface area contributed by atoms with Gasteiger partial charge in [-0.3, -0.25) is 18.4 Å². The van der Waals surface area contributed by atoms with Crippen molar-refractivity contribution >= 4 is 13.8 Å². The first kappa shape index (κ1) is 14.1. The third kappa shape index (κ3) is 9.58. The van der Waals surface area contributed by atoms with Crippen molar-refractivity contribution < 1.29 is 28.0 Å². The average Bonchev–Trinajstić information content (AvgIpc) is 2.02. The normalized spacial score (nSPS) is 10.0. The molecule has 0 saturated carbocycles. The summed E-state index contributed by atoms with van der Waals surface area (Å²) in [6, 6.07) is 0. The Balaban J connectivity index is 0. The number of carboxylic acid groups (broad SMARTS) is 1. The van der Waals surface area contributed by atoms with Crippen LogP contribution in [0.2, 0.25) is 0 Å². The van der Waals surface area contributed by atoms with E-state index >= 15 is 0 Å². The minimum atomic E-state index is -3.16. The quantitative estimate of drug-likeness (QED) is 0.687. The summed E-state index contributed by atoms with van der Waals surface area (Å²) in [7, 11) is 0.611. The lowest BCUT2D eigenvalue weighted by Crippen LogP contribution is -1.88. The van der Waals surface area contributed by atoms with Crippen LogP contribution in [0.25, 0.3) is 0 Å². The average molecular weight is 200 g/mol. The first-order valence-corrected chi connectivity index (χ1v) is 4.34. The van der Waals surface area contributed by atoms with E-state index in [-0.39, 0.29) is 0 Å². The molecule has 0 bridgehead atoms. The van der Waals surface area contributed by atoms with Crippen LogP contribution >= 0.6 is 7.82 Å². The van der Waals surface area contributed by atoms with Gasteiger partial charge in [0.25, 0.3) is 5.97 Å². The minimum absolute atomic E-state index is 0.833. The van der Waals surface area contributed by atoms with Gasteiger partial charge in [-0.1, -0.05) is 0 Å². The minimum Gasteiger partial charge on any atom is -0.481 e. The lowest BCUT2D eigenvalue weighted by Gasteiger charge is -2.08. The molecule has 0 rings (SSSR count). The summed E-state index contributed by atoms with van der Waals surface area (Å²) in [6.07, 6.45) is 0. The highest BCUT2D eigenvalue weighted by molar-refractivity contribution is 7.48. The van der Waals surface area contributed by atoms with Gasteiger partial charge in [-0.05, 0) is 0 Å². The molecule has 74 valence electrons. The van der Waals surface area contributed by atoms with Crippen LogP contribution in [0, 0.1) is 0 Å². The molecule has 0 heterocycles. The number of carboxylic acids is 1. The van der Waals surface area contributed by atoms with Gasteiger partial charge in [0, 0.05) is 28.3 Å². The van der Waals surface area contributed by atoms with E-state index in [1.54, 1.807) is 0 Å². The number of carbonyl (C=O) groups is 1. The third-order valence-corrected chi connectivity index (χ3v) is 2.01. The van der Waals surface area contributed by atoms with Crippen LogP contribution in [0.15, 0.2) is 0 Å². The van der Waals surface area contributed by atoms with E-state index in [0.29, 0.717) is 0 Å². The Morgan fingerprint density at radius 1 is 1.17 bits per heavy atom. The van der Waals surface area contributed by atoms with Gasteiger partial charge in [0.15, 0.2) is 0 Å². The molecule has 0 saturated heterocycles. The largest absolute Gasteiger partial charge is 0.481 e. The van der Waals surface area contributed by atoms with Crippen molar-refractivity contribution in [3.8, 4) is 0 Å². The van der Waals surface area contributed by atoms with Crippen molar-refractivity contribution in [2.24, 2.45) is 0 Å².